The highest BCUT2D eigenvalue weighted by Crippen LogP contribution is 2.17. The minimum Gasteiger partial charge on any atom is -0.363 e. The minimum absolute atomic E-state index is 0.0758. The van der Waals surface area contributed by atoms with E-state index in [4.69, 9.17) is 4.74 Å². The summed E-state index contributed by atoms with van der Waals surface area (Å²) in [5, 5.41) is 2.60. The monoisotopic (exact) mass is 201 g/mol. The van der Waals surface area contributed by atoms with Crippen LogP contribution in [0.1, 0.15) is 41.0 Å². The van der Waals surface area contributed by atoms with Crippen molar-refractivity contribution < 1.29 is 9.53 Å². The highest BCUT2D eigenvalue weighted by Gasteiger charge is 2.29. The van der Waals surface area contributed by atoms with Gasteiger partial charge in [-0.1, -0.05) is 13.8 Å². The minimum atomic E-state index is -0.733. The van der Waals surface area contributed by atoms with E-state index in [9.17, 15) is 4.79 Å². The zero-order valence-corrected chi connectivity index (χ0v) is 10.2. The molecule has 0 bridgehead atoms. The molecule has 0 aliphatic carbocycles. The molecule has 1 N–H and O–H groups in total. The lowest BCUT2D eigenvalue weighted by molar-refractivity contribution is -0.149. The molecule has 0 aromatic heterocycles. The Bertz CT molecular complexity index is 188. The molecule has 0 aliphatic heterocycles. The van der Waals surface area contributed by atoms with E-state index in [0.29, 0.717) is 5.92 Å². The van der Waals surface area contributed by atoms with Crippen molar-refractivity contribution >= 4 is 5.91 Å². The van der Waals surface area contributed by atoms with E-state index in [1.165, 1.54) is 0 Å². The molecular formula is C11H23NO2. The highest BCUT2D eigenvalue weighted by atomic mass is 16.5. The molecule has 0 spiro atoms. The van der Waals surface area contributed by atoms with E-state index in [-0.39, 0.29) is 12.0 Å². The third-order valence-electron chi connectivity index (χ3n) is 2.07. The van der Waals surface area contributed by atoms with Gasteiger partial charge in [-0.2, -0.15) is 0 Å². The Hall–Kier alpha value is -0.570. The summed E-state index contributed by atoms with van der Waals surface area (Å²) in [4.78, 5) is 11.4. The van der Waals surface area contributed by atoms with Crippen molar-refractivity contribution in [1.82, 2.24) is 5.32 Å². The van der Waals surface area contributed by atoms with Gasteiger partial charge in [0.1, 0.15) is 5.60 Å². The van der Waals surface area contributed by atoms with E-state index < -0.39 is 5.60 Å². The van der Waals surface area contributed by atoms with Crippen LogP contribution in [0.4, 0.5) is 0 Å². The lowest BCUT2D eigenvalue weighted by atomic mass is 10.0. The fourth-order valence-corrected chi connectivity index (χ4v) is 1.57. The van der Waals surface area contributed by atoms with E-state index in [0.717, 1.165) is 6.42 Å². The number of likely N-dealkylation sites (N-methyl/N-ethyl adjacent to an activating group) is 1. The topological polar surface area (TPSA) is 38.3 Å². The Kier molecular flexibility index (Phi) is 5.13. The smallest absolute Gasteiger partial charge is 0.251 e. The Morgan fingerprint density at radius 3 is 2.21 bits per heavy atom. The summed E-state index contributed by atoms with van der Waals surface area (Å²) in [6.45, 7) is 9.88. The molecule has 1 unspecified atom stereocenters. The van der Waals surface area contributed by atoms with E-state index in [1.54, 1.807) is 20.9 Å². The number of nitrogens with one attached hydrogen (secondary N) is 1. The molecular weight excluding hydrogens is 178 g/mol. The number of carbonyl (C=O) groups is 1. The Balaban J connectivity index is 4.14. The summed E-state index contributed by atoms with van der Waals surface area (Å²) in [6.07, 6.45) is 1.09. The van der Waals surface area contributed by atoms with Gasteiger partial charge in [-0.25, -0.2) is 0 Å². The first-order valence-corrected chi connectivity index (χ1v) is 5.19. The molecule has 3 heteroatoms. The van der Waals surface area contributed by atoms with Crippen LogP contribution in [0.15, 0.2) is 0 Å². The summed E-state index contributed by atoms with van der Waals surface area (Å²) in [6, 6.07) is 0. The van der Waals surface area contributed by atoms with Gasteiger partial charge in [0.25, 0.3) is 5.91 Å². The Morgan fingerprint density at radius 2 is 1.86 bits per heavy atom. The van der Waals surface area contributed by atoms with Crippen LogP contribution in [0.3, 0.4) is 0 Å². The molecule has 1 atom stereocenters. The zero-order chi connectivity index (χ0) is 11.4. The Labute approximate surface area is 87.2 Å². The molecule has 0 heterocycles. The molecule has 0 aromatic rings. The largest absolute Gasteiger partial charge is 0.363 e. The predicted octanol–water partition coefficient (Wildman–Crippen LogP) is 1.96. The van der Waals surface area contributed by atoms with Gasteiger partial charge in [0.15, 0.2) is 0 Å². The summed E-state index contributed by atoms with van der Waals surface area (Å²) in [7, 11) is 1.63. The van der Waals surface area contributed by atoms with Gasteiger partial charge in [0, 0.05) is 7.05 Å². The van der Waals surface area contributed by atoms with Crippen LogP contribution in [-0.4, -0.2) is 24.7 Å². The highest BCUT2D eigenvalue weighted by molar-refractivity contribution is 5.83. The lowest BCUT2D eigenvalue weighted by Crippen LogP contribution is -2.44. The van der Waals surface area contributed by atoms with Gasteiger partial charge in [0.05, 0.1) is 6.10 Å². The summed E-state index contributed by atoms with van der Waals surface area (Å²) in [5.74, 6) is 0.513. The van der Waals surface area contributed by atoms with Crippen molar-refractivity contribution in [2.24, 2.45) is 5.92 Å². The van der Waals surface area contributed by atoms with E-state index in [1.807, 2.05) is 6.92 Å². The van der Waals surface area contributed by atoms with Gasteiger partial charge < -0.3 is 10.1 Å². The van der Waals surface area contributed by atoms with Crippen molar-refractivity contribution in [2.75, 3.05) is 7.05 Å². The Morgan fingerprint density at radius 1 is 1.36 bits per heavy atom. The van der Waals surface area contributed by atoms with Crippen molar-refractivity contribution in [3.8, 4) is 0 Å². The molecule has 0 aliphatic rings. The number of carbonyl (C=O) groups excluding carboxylic acids is 1. The maximum absolute atomic E-state index is 11.4. The lowest BCUT2D eigenvalue weighted by Gasteiger charge is -2.28. The average Bonchev–Trinajstić information content (AvgIpc) is 1.99. The van der Waals surface area contributed by atoms with Gasteiger partial charge in [-0.15, -0.1) is 0 Å². The molecule has 0 rings (SSSR count). The fourth-order valence-electron chi connectivity index (χ4n) is 1.57. The van der Waals surface area contributed by atoms with Crippen molar-refractivity contribution in [3.63, 3.8) is 0 Å². The number of amides is 1. The fraction of sp³-hybridized carbons (Fsp3) is 0.909. The third kappa shape index (κ3) is 4.61. The van der Waals surface area contributed by atoms with Crippen LogP contribution in [0.2, 0.25) is 0 Å². The van der Waals surface area contributed by atoms with Crippen LogP contribution in [0.25, 0.3) is 0 Å². The molecule has 0 saturated carbocycles. The van der Waals surface area contributed by atoms with Crippen LogP contribution < -0.4 is 5.32 Å². The summed E-state index contributed by atoms with van der Waals surface area (Å²) >= 11 is 0. The zero-order valence-electron chi connectivity index (χ0n) is 10.2. The summed E-state index contributed by atoms with van der Waals surface area (Å²) < 4.78 is 5.69. The van der Waals surface area contributed by atoms with Crippen molar-refractivity contribution in [1.29, 1.82) is 0 Å². The summed E-state index contributed by atoms with van der Waals surface area (Å²) in [5.41, 5.74) is -0.733. The first kappa shape index (κ1) is 13.4. The number of hydrogen-bond donors (Lipinski definition) is 1. The molecule has 84 valence electrons. The van der Waals surface area contributed by atoms with Crippen LogP contribution >= 0.6 is 0 Å². The van der Waals surface area contributed by atoms with E-state index in [2.05, 4.69) is 19.2 Å². The maximum atomic E-state index is 11.4. The van der Waals surface area contributed by atoms with Crippen LogP contribution in [-0.2, 0) is 9.53 Å². The van der Waals surface area contributed by atoms with Crippen LogP contribution in [0, 0.1) is 5.92 Å². The third-order valence-corrected chi connectivity index (χ3v) is 2.07. The van der Waals surface area contributed by atoms with Gasteiger partial charge in [0.2, 0.25) is 0 Å². The second kappa shape index (κ2) is 5.35. The number of ether oxygens (including phenoxy) is 1. The first-order chi connectivity index (χ1) is 6.29. The average molecular weight is 201 g/mol. The standard InChI is InChI=1S/C11H23NO2/c1-8(2)7-9(3)14-11(4,5)10(13)12-6/h8-9H,7H2,1-6H3,(H,12,13). The van der Waals surface area contributed by atoms with Gasteiger partial charge in [-0.3, -0.25) is 4.79 Å². The SMILES string of the molecule is CNC(=O)C(C)(C)OC(C)CC(C)C. The molecule has 0 aromatic carbocycles. The quantitative estimate of drug-likeness (QED) is 0.738. The number of hydrogen-bond acceptors (Lipinski definition) is 2. The molecule has 0 saturated heterocycles. The molecule has 0 fully saturated rings. The molecule has 0 radical (unpaired) electrons. The maximum Gasteiger partial charge on any atom is 0.251 e. The van der Waals surface area contributed by atoms with Gasteiger partial charge in [-0.05, 0) is 33.1 Å². The second-order valence-electron chi connectivity index (χ2n) is 4.65. The first-order valence-electron chi connectivity index (χ1n) is 5.19. The van der Waals surface area contributed by atoms with Crippen molar-refractivity contribution in [2.45, 2.75) is 52.7 Å². The van der Waals surface area contributed by atoms with E-state index >= 15 is 0 Å². The normalized spacial score (nSPS) is 14.2. The molecule has 14 heavy (non-hydrogen) atoms. The molecule has 1 amide bonds. The predicted molar refractivity (Wildman–Crippen MR) is 58.1 cm³/mol. The molecule has 3 nitrogen and oxygen atoms in total. The number of rotatable bonds is 5. The van der Waals surface area contributed by atoms with Crippen molar-refractivity contribution in [3.05, 3.63) is 0 Å². The van der Waals surface area contributed by atoms with Gasteiger partial charge >= 0.3 is 0 Å². The second-order valence-corrected chi connectivity index (χ2v) is 4.65. The van der Waals surface area contributed by atoms with Crippen LogP contribution in [0.5, 0.6) is 0 Å².